The van der Waals surface area contributed by atoms with Gasteiger partial charge in [0.15, 0.2) is 0 Å². The van der Waals surface area contributed by atoms with Crippen molar-refractivity contribution in [3.8, 4) is 11.8 Å². The Bertz CT molecular complexity index is 1650. The van der Waals surface area contributed by atoms with Crippen LogP contribution in [0.3, 0.4) is 0 Å². The summed E-state index contributed by atoms with van der Waals surface area (Å²) in [6.07, 6.45) is 10.2. The number of halogens is 1. The second-order valence-electron chi connectivity index (χ2n) is 10.1. The Balaban J connectivity index is 1.42. The first-order valence-electron chi connectivity index (χ1n) is 13.0. The molecule has 6 rings (SSSR count). The molecule has 4 atom stereocenters. The number of piperidine rings is 1. The fraction of sp³-hybridized carbons (Fsp3) is 0.357. The second-order valence-corrected chi connectivity index (χ2v) is 10.6. The van der Waals surface area contributed by atoms with E-state index in [1.807, 2.05) is 23.6 Å². The highest BCUT2D eigenvalue weighted by molar-refractivity contribution is 6.35. The Kier molecular flexibility index (Phi) is 6.62. The quantitative estimate of drug-likeness (QED) is 0.372. The predicted molar refractivity (Wildman–Crippen MR) is 150 cm³/mol. The van der Waals surface area contributed by atoms with Crippen LogP contribution in [0.25, 0.3) is 10.9 Å². The first-order valence-corrected chi connectivity index (χ1v) is 13.4. The lowest BCUT2D eigenvalue weighted by atomic mass is 9.97. The van der Waals surface area contributed by atoms with Crippen molar-refractivity contribution < 1.29 is 0 Å². The zero-order chi connectivity index (χ0) is 27.1. The molecule has 39 heavy (non-hydrogen) atoms. The van der Waals surface area contributed by atoms with E-state index in [1.165, 1.54) is 6.33 Å². The number of nitrogens with one attached hydrogen (secondary N) is 1. The van der Waals surface area contributed by atoms with Crippen LogP contribution >= 0.6 is 11.6 Å². The summed E-state index contributed by atoms with van der Waals surface area (Å²) in [5.41, 5.74) is 7.57. The van der Waals surface area contributed by atoms with E-state index in [4.69, 9.17) is 22.3 Å². The molecule has 0 aliphatic carbocycles. The third-order valence-electron chi connectivity index (χ3n) is 7.84. The van der Waals surface area contributed by atoms with Crippen LogP contribution in [-0.2, 0) is 0 Å². The fourth-order valence-corrected chi connectivity index (χ4v) is 6.11. The molecule has 2 unspecified atom stereocenters. The maximum atomic E-state index is 14.0. The van der Waals surface area contributed by atoms with E-state index in [0.29, 0.717) is 50.9 Å². The minimum Gasteiger partial charge on any atom is -0.382 e. The zero-order valence-electron chi connectivity index (χ0n) is 21.7. The van der Waals surface area contributed by atoms with Gasteiger partial charge in [0.1, 0.15) is 35.0 Å². The second kappa shape index (κ2) is 10.2. The average molecular weight is 542 g/mol. The van der Waals surface area contributed by atoms with Crippen molar-refractivity contribution in [2.24, 2.45) is 0 Å². The SMILES string of the molecule is CC(Nc1ncnc(N)c1C#Cc1cnccn1)c1nc2cccc(Cl)c2c(=O)n1C1C[C@H]2CC[C@@H](C1)N2C. The molecule has 0 saturated carbocycles. The summed E-state index contributed by atoms with van der Waals surface area (Å²) in [5.74, 6) is 7.29. The van der Waals surface area contributed by atoms with Crippen molar-refractivity contribution in [2.75, 3.05) is 18.1 Å². The summed E-state index contributed by atoms with van der Waals surface area (Å²) in [7, 11) is 2.19. The number of nitrogen functional groups attached to an aromatic ring is 1. The van der Waals surface area contributed by atoms with E-state index in [2.05, 4.69) is 49.0 Å². The maximum Gasteiger partial charge on any atom is 0.263 e. The number of nitrogens with two attached hydrogens (primary N) is 1. The molecular formula is C28H28ClN9O. The van der Waals surface area contributed by atoms with Crippen molar-refractivity contribution in [2.45, 2.75) is 56.8 Å². The lowest BCUT2D eigenvalue weighted by Crippen LogP contribution is -2.44. The van der Waals surface area contributed by atoms with Gasteiger partial charge in [-0.25, -0.2) is 19.9 Å². The van der Waals surface area contributed by atoms with Gasteiger partial charge in [-0.1, -0.05) is 23.6 Å². The van der Waals surface area contributed by atoms with Crippen molar-refractivity contribution in [3.63, 3.8) is 0 Å². The fourth-order valence-electron chi connectivity index (χ4n) is 5.86. The van der Waals surface area contributed by atoms with Gasteiger partial charge >= 0.3 is 0 Å². The van der Waals surface area contributed by atoms with Crippen LogP contribution in [0.15, 0.2) is 47.9 Å². The molecule has 2 bridgehead atoms. The Morgan fingerprint density at radius 1 is 1.10 bits per heavy atom. The van der Waals surface area contributed by atoms with Gasteiger partial charge in [0, 0.05) is 30.5 Å². The van der Waals surface area contributed by atoms with Gasteiger partial charge in [0.2, 0.25) is 0 Å². The lowest BCUT2D eigenvalue weighted by molar-refractivity contribution is 0.133. The molecule has 0 spiro atoms. The van der Waals surface area contributed by atoms with E-state index >= 15 is 0 Å². The molecule has 3 N–H and O–H groups in total. The van der Waals surface area contributed by atoms with E-state index in [9.17, 15) is 4.79 Å². The monoisotopic (exact) mass is 541 g/mol. The van der Waals surface area contributed by atoms with Crippen LogP contribution in [0.5, 0.6) is 0 Å². The lowest BCUT2D eigenvalue weighted by Gasteiger charge is -2.38. The van der Waals surface area contributed by atoms with Crippen molar-refractivity contribution in [1.29, 1.82) is 0 Å². The van der Waals surface area contributed by atoms with Gasteiger partial charge in [-0.2, -0.15) is 0 Å². The first kappa shape index (κ1) is 25.2. The van der Waals surface area contributed by atoms with E-state index in [-0.39, 0.29) is 17.4 Å². The Morgan fingerprint density at radius 2 is 1.90 bits per heavy atom. The number of nitrogens with zero attached hydrogens (tertiary/aromatic N) is 7. The molecule has 2 fully saturated rings. The van der Waals surface area contributed by atoms with Crippen LogP contribution < -0.4 is 16.6 Å². The highest BCUT2D eigenvalue weighted by Crippen LogP contribution is 2.40. The molecule has 5 heterocycles. The molecule has 3 aromatic heterocycles. The molecule has 0 radical (unpaired) electrons. The normalized spacial score (nSPS) is 21.4. The molecule has 1 aromatic carbocycles. The number of fused-ring (bicyclic) bond motifs is 3. The van der Waals surface area contributed by atoms with Crippen LogP contribution in [0, 0.1) is 11.8 Å². The summed E-state index contributed by atoms with van der Waals surface area (Å²) < 4.78 is 1.86. The van der Waals surface area contributed by atoms with Crippen LogP contribution in [0.1, 0.15) is 61.8 Å². The summed E-state index contributed by atoms with van der Waals surface area (Å²) in [6.45, 7) is 1.95. The molecule has 10 nitrogen and oxygen atoms in total. The smallest absolute Gasteiger partial charge is 0.263 e. The Morgan fingerprint density at radius 3 is 2.64 bits per heavy atom. The van der Waals surface area contributed by atoms with Crippen LogP contribution in [0.4, 0.5) is 11.6 Å². The maximum absolute atomic E-state index is 14.0. The average Bonchev–Trinajstić information content (AvgIpc) is 3.12. The zero-order valence-corrected chi connectivity index (χ0v) is 22.4. The largest absolute Gasteiger partial charge is 0.382 e. The minimum atomic E-state index is -0.398. The van der Waals surface area contributed by atoms with Gasteiger partial charge in [-0.05, 0) is 57.7 Å². The van der Waals surface area contributed by atoms with Gasteiger partial charge < -0.3 is 16.0 Å². The topological polar surface area (TPSA) is 128 Å². The number of hydrogen-bond acceptors (Lipinski definition) is 9. The summed E-state index contributed by atoms with van der Waals surface area (Å²) >= 11 is 6.52. The van der Waals surface area contributed by atoms with Crippen molar-refractivity contribution >= 4 is 34.1 Å². The van der Waals surface area contributed by atoms with Crippen LogP contribution in [-0.4, -0.2) is 53.5 Å². The molecule has 0 amide bonds. The minimum absolute atomic E-state index is 0.0185. The van der Waals surface area contributed by atoms with Crippen LogP contribution in [0.2, 0.25) is 5.02 Å². The predicted octanol–water partition coefficient (Wildman–Crippen LogP) is 3.58. The number of aromatic nitrogens is 6. The van der Waals surface area contributed by atoms with Gasteiger partial charge in [-0.3, -0.25) is 14.3 Å². The van der Waals surface area contributed by atoms with E-state index in [0.717, 1.165) is 25.7 Å². The molecule has 2 aliphatic heterocycles. The third-order valence-corrected chi connectivity index (χ3v) is 8.16. The number of anilines is 2. The number of rotatable bonds is 4. The van der Waals surface area contributed by atoms with E-state index in [1.54, 1.807) is 24.7 Å². The first-order chi connectivity index (χ1) is 18.9. The van der Waals surface area contributed by atoms with Gasteiger partial charge in [0.05, 0.1) is 28.2 Å². The van der Waals surface area contributed by atoms with E-state index < -0.39 is 6.04 Å². The summed E-state index contributed by atoms with van der Waals surface area (Å²) in [5, 5.41) is 4.26. The van der Waals surface area contributed by atoms with Gasteiger partial charge in [-0.15, -0.1) is 0 Å². The molecule has 4 aromatic rings. The molecule has 2 saturated heterocycles. The van der Waals surface area contributed by atoms with Gasteiger partial charge in [0.25, 0.3) is 5.56 Å². The van der Waals surface area contributed by atoms with Crippen molar-refractivity contribution in [1.82, 2.24) is 34.4 Å². The summed E-state index contributed by atoms with van der Waals surface area (Å²) in [4.78, 5) is 38.2. The standard InChI is InChI=1S/C28H28ClN9O/c1-16(35-26-21(25(30)33-15-34-26)9-6-17-14-31-10-11-32-17)27-36-23-5-3-4-22(29)24(23)28(39)38(27)20-12-18-7-8-19(13-20)37(18)2/h3-5,10-11,14-16,18-20H,7-8,12-13H2,1-2H3,(H3,30,33,34,35)/t16?,18-,19+,20?. The molecule has 2 aliphatic rings. The highest BCUT2D eigenvalue weighted by Gasteiger charge is 2.40. The molecule has 11 heteroatoms. The van der Waals surface area contributed by atoms with Crippen molar-refractivity contribution in [3.05, 3.63) is 75.6 Å². The third kappa shape index (κ3) is 4.68. The Hall–Kier alpha value is -4.07. The number of hydrogen-bond donors (Lipinski definition) is 2. The Labute approximate surface area is 230 Å². The molecule has 198 valence electrons. The highest BCUT2D eigenvalue weighted by atomic mass is 35.5. The summed E-state index contributed by atoms with van der Waals surface area (Å²) in [6, 6.07) is 5.89. The number of benzene rings is 1. The molecular weight excluding hydrogens is 514 g/mol.